The van der Waals surface area contributed by atoms with Gasteiger partial charge in [-0.2, -0.15) is 9.97 Å². The van der Waals surface area contributed by atoms with E-state index in [0.717, 1.165) is 6.92 Å². The quantitative estimate of drug-likeness (QED) is 0.638. The van der Waals surface area contributed by atoms with Crippen LogP contribution in [0.3, 0.4) is 0 Å². The van der Waals surface area contributed by atoms with Crippen LogP contribution in [0.5, 0.6) is 5.88 Å². The van der Waals surface area contributed by atoms with Crippen molar-refractivity contribution in [3.8, 4) is 5.88 Å². The fourth-order valence-corrected chi connectivity index (χ4v) is 5.12. The van der Waals surface area contributed by atoms with Crippen molar-refractivity contribution in [3.05, 3.63) is 6.33 Å². The normalized spacial score (nSPS) is 35.6. The molecule has 14 heteroatoms. The molecule has 2 saturated heterocycles. The number of alkyl halides is 2. The minimum atomic E-state index is -4.19. The Kier molecular flexibility index (Phi) is 5.46. The van der Waals surface area contributed by atoms with E-state index in [1.165, 1.54) is 10.9 Å². The van der Waals surface area contributed by atoms with E-state index < -0.39 is 38.3 Å². The molecule has 31 heavy (non-hydrogen) atoms. The van der Waals surface area contributed by atoms with Gasteiger partial charge in [0.05, 0.1) is 19.5 Å². The Labute approximate surface area is 176 Å². The molecule has 2 aromatic heterocycles. The number of aromatic nitrogens is 4. The summed E-state index contributed by atoms with van der Waals surface area (Å²) in [5.74, 6) is -2.77. The van der Waals surface area contributed by atoms with E-state index in [1.54, 1.807) is 6.92 Å². The van der Waals surface area contributed by atoms with E-state index >= 15 is 8.78 Å². The number of imidazole rings is 1. The van der Waals surface area contributed by atoms with Gasteiger partial charge >= 0.3 is 7.82 Å². The molecule has 172 valence electrons. The molecule has 0 aromatic carbocycles. The minimum absolute atomic E-state index is 0.00131. The number of fused-ring (bicyclic) bond motifs is 2. The van der Waals surface area contributed by atoms with Crippen molar-refractivity contribution in [1.29, 1.82) is 0 Å². The minimum Gasteiger partial charge on any atom is -0.476 e. The second kappa shape index (κ2) is 7.59. The summed E-state index contributed by atoms with van der Waals surface area (Å²) in [7, 11) is -4.19. The van der Waals surface area contributed by atoms with E-state index in [9.17, 15) is 4.57 Å². The first kappa shape index (κ1) is 22.3. The fraction of sp³-hybridized carbons (Fsp3) is 0.706. The van der Waals surface area contributed by atoms with Crippen molar-refractivity contribution in [2.24, 2.45) is 5.92 Å². The van der Waals surface area contributed by atoms with E-state index in [0.29, 0.717) is 0 Å². The second-order valence-corrected chi connectivity index (χ2v) is 9.57. The Morgan fingerprint density at radius 2 is 2.16 bits per heavy atom. The summed E-state index contributed by atoms with van der Waals surface area (Å²) >= 11 is 0. The maximum atomic E-state index is 16.0. The van der Waals surface area contributed by atoms with Gasteiger partial charge in [-0.3, -0.25) is 18.1 Å². The molecule has 2 aromatic rings. The van der Waals surface area contributed by atoms with Crippen LogP contribution in [-0.2, 0) is 22.9 Å². The third-order valence-corrected chi connectivity index (χ3v) is 6.23. The van der Waals surface area contributed by atoms with Crippen LogP contribution in [0.1, 0.15) is 33.9 Å². The van der Waals surface area contributed by atoms with Crippen molar-refractivity contribution in [2.45, 2.75) is 51.6 Å². The molecule has 4 heterocycles. The van der Waals surface area contributed by atoms with E-state index in [4.69, 9.17) is 28.8 Å². The fourth-order valence-electron chi connectivity index (χ4n) is 3.48. The van der Waals surface area contributed by atoms with Crippen molar-refractivity contribution in [2.75, 3.05) is 25.6 Å². The summed E-state index contributed by atoms with van der Waals surface area (Å²) in [6.45, 7) is 5.92. The number of nitrogens with two attached hydrogens (primary N) is 1. The molecule has 0 aliphatic carbocycles. The number of rotatable bonds is 6. The number of halogens is 2. The number of ether oxygens (including phenoxy) is 2. The molecule has 5 unspecified atom stereocenters. The van der Waals surface area contributed by atoms with Gasteiger partial charge in [0.2, 0.25) is 11.8 Å². The number of phosphoric ester groups is 1. The molecule has 2 fully saturated rings. The molecule has 0 radical (unpaired) electrons. The van der Waals surface area contributed by atoms with Gasteiger partial charge in [-0.1, -0.05) is 13.8 Å². The Morgan fingerprint density at radius 3 is 2.84 bits per heavy atom. The third-order valence-electron chi connectivity index (χ3n) is 4.86. The number of hydrogen-bond donors (Lipinski definition) is 1. The highest BCUT2D eigenvalue weighted by molar-refractivity contribution is 7.48. The lowest BCUT2D eigenvalue weighted by Crippen LogP contribution is -2.51. The summed E-state index contributed by atoms with van der Waals surface area (Å²) in [5.41, 5.74) is 3.50. The van der Waals surface area contributed by atoms with Crippen LogP contribution in [0.2, 0.25) is 0 Å². The number of hydrogen-bond acceptors (Lipinski definition) is 10. The molecule has 4 rings (SSSR count). The van der Waals surface area contributed by atoms with Crippen molar-refractivity contribution in [3.63, 3.8) is 0 Å². The van der Waals surface area contributed by atoms with Crippen LogP contribution < -0.4 is 10.5 Å². The van der Waals surface area contributed by atoms with Gasteiger partial charge in [0.15, 0.2) is 29.2 Å². The van der Waals surface area contributed by atoms with Crippen LogP contribution in [-0.4, -0.2) is 57.0 Å². The highest BCUT2D eigenvalue weighted by Gasteiger charge is 2.70. The first-order chi connectivity index (χ1) is 14.5. The lowest BCUT2D eigenvalue weighted by atomic mass is 9.97. The maximum absolute atomic E-state index is 16.0. The summed E-state index contributed by atoms with van der Waals surface area (Å²) in [6.07, 6.45) is -2.27. The zero-order valence-corrected chi connectivity index (χ0v) is 18.3. The van der Waals surface area contributed by atoms with Gasteiger partial charge in [-0.05, 0) is 19.8 Å². The predicted octanol–water partition coefficient (Wildman–Crippen LogP) is 2.93. The lowest BCUT2D eigenvalue weighted by molar-refractivity contribution is -0.220. The SMILES string of the molecule is CCOc1nc(N)nc2c1ncn2C1OC2(F)COP(=O)(OCC(C)C)OC2C1(C)F. The monoisotopic (exact) mass is 463 g/mol. The molecule has 2 aliphatic heterocycles. The molecule has 5 atom stereocenters. The van der Waals surface area contributed by atoms with Gasteiger partial charge in [0.25, 0.3) is 5.85 Å². The number of phosphoric acid groups is 1. The lowest BCUT2D eigenvalue weighted by Gasteiger charge is -2.36. The van der Waals surface area contributed by atoms with E-state index in [-0.39, 0.29) is 42.1 Å². The molecule has 0 spiro atoms. The maximum Gasteiger partial charge on any atom is 0.475 e. The van der Waals surface area contributed by atoms with E-state index in [2.05, 4.69) is 15.0 Å². The van der Waals surface area contributed by atoms with E-state index in [1.807, 2.05) is 13.8 Å². The average Bonchev–Trinajstić information content (AvgIpc) is 3.18. The first-order valence-electron chi connectivity index (χ1n) is 9.75. The van der Waals surface area contributed by atoms with Crippen molar-refractivity contribution >= 4 is 24.9 Å². The number of nitrogen functional groups attached to an aromatic ring is 1. The molecule has 0 amide bonds. The highest BCUT2D eigenvalue weighted by atomic mass is 31.2. The molecule has 0 bridgehead atoms. The van der Waals surface area contributed by atoms with Crippen LogP contribution in [0, 0.1) is 5.92 Å². The molecule has 11 nitrogen and oxygen atoms in total. The average molecular weight is 463 g/mol. The third kappa shape index (κ3) is 3.78. The smallest absolute Gasteiger partial charge is 0.475 e. The molecule has 0 saturated carbocycles. The first-order valence-corrected chi connectivity index (χ1v) is 11.2. The van der Waals surface area contributed by atoms with Crippen LogP contribution in [0.4, 0.5) is 14.7 Å². The Balaban J connectivity index is 1.70. The van der Waals surface area contributed by atoms with Crippen molar-refractivity contribution in [1.82, 2.24) is 19.5 Å². The van der Waals surface area contributed by atoms with Gasteiger partial charge < -0.3 is 15.2 Å². The topological polar surface area (TPSA) is 133 Å². The standard InChI is InChI=1S/C17H24F2N5O6P/c1-5-26-12-10-11(22-15(20)23-12)24(8-21-10)14-16(4,18)13-17(19,29-14)7-28-31(25,30-13)27-6-9(2)3/h8-9,13-14H,5-7H2,1-4H3,(H2,20,22,23). The molecular formula is C17H24F2N5O6P. The van der Waals surface area contributed by atoms with Crippen LogP contribution in [0.25, 0.3) is 11.2 Å². The Bertz CT molecular complexity index is 1040. The summed E-state index contributed by atoms with van der Waals surface area (Å²) in [6, 6.07) is 0. The molecule has 2 aliphatic rings. The second-order valence-electron chi connectivity index (χ2n) is 7.95. The van der Waals surface area contributed by atoms with Gasteiger partial charge in [-0.15, -0.1) is 0 Å². The van der Waals surface area contributed by atoms with Crippen LogP contribution in [0.15, 0.2) is 6.33 Å². The van der Waals surface area contributed by atoms with Gasteiger partial charge in [-0.25, -0.2) is 18.3 Å². The summed E-state index contributed by atoms with van der Waals surface area (Å²) in [4.78, 5) is 12.2. The predicted molar refractivity (Wildman–Crippen MR) is 104 cm³/mol. The largest absolute Gasteiger partial charge is 0.476 e. The van der Waals surface area contributed by atoms with Crippen LogP contribution >= 0.6 is 7.82 Å². The Hall–Kier alpha value is -1.92. The zero-order valence-electron chi connectivity index (χ0n) is 17.4. The van der Waals surface area contributed by atoms with Crippen molar-refractivity contribution < 1.29 is 36.4 Å². The van der Waals surface area contributed by atoms with Gasteiger partial charge in [0, 0.05) is 0 Å². The summed E-state index contributed by atoms with van der Waals surface area (Å²) < 4.78 is 71.6. The Morgan fingerprint density at radius 1 is 1.42 bits per heavy atom. The molecular weight excluding hydrogens is 439 g/mol. The zero-order chi connectivity index (χ0) is 22.6. The van der Waals surface area contributed by atoms with Gasteiger partial charge in [0.1, 0.15) is 6.61 Å². The number of anilines is 1. The summed E-state index contributed by atoms with van der Waals surface area (Å²) in [5, 5.41) is 0. The highest BCUT2D eigenvalue weighted by Crippen LogP contribution is 2.63. The number of nitrogens with zero attached hydrogens (tertiary/aromatic N) is 4. The molecule has 2 N–H and O–H groups in total.